The molecule has 1 aliphatic heterocycles. The van der Waals surface area contributed by atoms with E-state index < -0.39 is 5.60 Å². The lowest BCUT2D eigenvalue weighted by Gasteiger charge is -2.34. The Labute approximate surface area is 91.3 Å². The van der Waals surface area contributed by atoms with Crippen LogP contribution in [0.25, 0.3) is 0 Å². The van der Waals surface area contributed by atoms with E-state index in [0.29, 0.717) is 6.54 Å². The Balaban J connectivity index is 2.53. The first kappa shape index (κ1) is 12.5. The Kier molecular flexibility index (Phi) is 3.73. The smallest absolute Gasteiger partial charge is 0.326 e. The van der Waals surface area contributed by atoms with Gasteiger partial charge in [-0.15, -0.1) is 0 Å². The molecule has 1 rings (SSSR count). The molecule has 0 aromatic rings. The van der Waals surface area contributed by atoms with E-state index in [-0.39, 0.29) is 24.2 Å². The van der Waals surface area contributed by atoms with Crippen molar-refractivity contribution in [1.29, 1.82) is 0 Å². The van der Waals surface area contributed by atoms with Crippen LogP contribution in [-0.4, -0.2) is 36.4 Å². The summed E-state index contributed by atoms with van der Waals surface area (Å²) in [5, 5.41) is 3.14. The van der Waals surface area contributed by atoms with Crippen LogP contribution >= 0.6 is 0 Å². The van der Waals surface area contributed by atoms with Crippen molar-refractivity contribution in [3.8, 4) is 0 Å². The molecule has 0 amide bonds. The van der Waals surface area contributed by atoms with Crippen molar-refractivity contribution in [2.24, 2.45) is 0 Å². The van der Waals surface area contributed by atoms with Gasteiger partial charge in [0.1, 0.15) is 11.6 Å². The summed E-state index contributed by atoms with van der Waals surface area (Å²) in [5.74, 6) is -0.234. The fourth-order valence-electron chi connectivity index (χ4n) is 1.59. The number of esters is 1. The predicted octanol–water partition coefficient (Wildman–Crippen LogP) is 1.09. The van der Waals surface area contributed by atoms with Gasteiger partial charge in [-0.05, 0) is 34.6 Å². The largest absolute Gasteiger partial charge is 0.459 e. The highest BCUT2D eigenvalue weighted by atomic mass is 16.6. The minimum atomic E-state index is -0.443. The van der Waals surface area contributed by atoms with E-state index in [2.05, 4.69) is 5.32 Å². The Morgan fingerprint density at radius 1 is 1.40 bits per heavy atom. The fraction of sp³-hybridized carbons (Fsp3) is 0.909. The number of morpholine rings is 1. The lowest BCUT2D eigenvalue weighted by atomic mass is 10.1. The van der Waals surface area contributed by atoms with Gasteiger partial charge < -0.3 is 9.47 Å². The standard InChI is InChI=1S/C11H21NO3/c1-7-6-12-9(8(2)14-7)10(13)15-11(3,4)5/h7-9,12H,6H2,1-5H3/t7-,8-,9?/m0/s1. The topological polar surface area (TPSA) is 47.6 Å². The van der Waals surface area contributed by atoms with E-state index in [0.717, 1.165) is 0 Å². The summed E-state index contributed by atoms with van der Waals surface area (Å²) in [6.07, 6.45) is 0.0160. The second kappa shape index (κ2) is 4.49. The molecule has 0 aromatic heterocycles. The quantitative estimate of drug-likeness (QED) is 0.665. The molecule has 1 unspecified atom stereocenters. The van der Waals surface area contributed by atoms with Gasteiger partial charge in [0.2, 0.25) is 0 Å². The van der Waals surface area contributed by atoms with Crippen molar-refractivity contribution in [1.82, 2.24) is 5.32 Å². The van der Waals surface area contributed by atoms with Crippen LogP contribution < -0.4 is 5.32 Å². The van der Waals surface area contributed by atoms with Crippen molar-refractivity contribution >= 4 is 5.97 Å². The summed E-state index contributed by atoms with van der Waals surface area (Å²) in [4.78, 5) is 11.8. The molecule has 1 N–H and O–H groups in total. The molecule has 1 aliphatic rings. The molecule has 0 saturated carbocycles. The molecule has 88 valence electrons. The zero-order valence-corrected chi connectivity index (χ0v) is 10.2. The average molecular weight is 215 g/mol. The summed E-state index contributed by atoms with van der Waals surface area (Å²) in [7, 11) is 0. The van der Waals surface area contributed by atoms with E-state index in [1.165, 1.54) is 0 Å². The number of hydrogen-bond donors (Lipinski definition) is 1. The van der Waals surface area contributed by atoms with E-state index >= 15 is 0 Å². The number of ether oxygens (including phenoxy) is 2. The van der Waals surface area contributed by atoms with Gasteiger partial charge in [-0.3, -0.25) is 10.1 Å². The lowest BCUT2D eigenvalue weighted by Crippen LogP contribution is -2.55. The first-order chi connectivity index (χ1) is 6.79. The van der Waals surface area contributed by atoms with Crippen LogP contribution in [0.4, 0.5) is 0 Å². The van der Waals surface area contributed by atoms with Crippen molar-refractivity contribution in [2.45, 2.75) is 58.5 Å². The third kappa shape index (κ3) is 3.80. The summed E-state index contributed by atoms with van der Waals surface area (Å²) < 4.78 is 10.9. The third-order valence-corrected chi connectivity index (χ3v) is 2.20. The van der Waals surface area contributed by atoms with Crippen molar-refractivity contribution in [3.05, 3.63) is 0 Å². The van der Waals surface area contributed by atoms with Gasteiger partial charge in [0, 0.05) is 6.54 Å². The highest BCUT2D eigenvalue weighted by Gasteiger charge is 2.34. The highest BCUT2D eigenvalue weighted by Crippen LogP contribution is 2.14. The Morgan fingerprint density at radius 3 is 2.47 bits per heavy atom. The molecule has 4 nitrogen and oxygen atoms in total. The number of carbonyl (C=O) groups excluding carboxylic acids is 1. The van der Waals surface area contributed by atoms with Gasteiger partial charge >= 0.3 is 5.97 Å². The minimum Gasteiger partial charge on any atom is -0.459 e. The molecule has 1 heterocycles. The van der Waals surface area contributed by atoms with Crippen LogP contribution in [0.5, 0.6) is 0 Å². The number of nitrogens with one attached hydrogen (secondary N) is 1. The zero-order chi connectivity index (χ0) is 11.6. The SMILES string of the molecule is C[C@@H]1O[C@@H](C)CNC1C(=O)OC(C)(C)C. The molecule has 15 heavy (non-hydrogen) atoms. The molecule has 1 saturated heterocycles. The van der Waals surface area contributed by atoms with E-state index in [4.69, 9.17) is 9.47 Å². The molecule has 4 heteroatoms. The maximum atomic E-state index is 11.8. The van der Waals surface area contributed by atoms with Crippen LogP contribution in [0, 0.1) is 0 Å². The summed E-state index contributed by atoms with van der Waals surface area (Å²) in [6, 6.07) is -0.347. The van der Waals surface area contributed by atoms with E-state index in [9.17, 15) is 4.79 Å². The predicted molar refractivity (Wildman–Crippen MR) is 57.6 cm³/mol. The molecule has 3 atom stereocenters. The fourth-order valence-corrected chi connectivity index (χ4v) is 1.59. The van der Waals surface area contributed by atoms with Gasteiger partial charge in [0.05, 0.1) is 12.2 Å². The number of rotatable bonds is 1. The van der Waals surface area contributed by atoms with Crippen LogP contribution in [-0.2, 0) is 14.3 Å². The van der Waals surface area contributed by atoms with Gasteiger partial charge in [-0.2, -0.15) is 0 Å². The van der Waals surface area contributed by atoms with Gasteiger partial charge in [-0.25, -0.2) is 0 Å². The monoisotopic (exact) mass is 215 g/mol. The highest BCUT2D eigenvalue weighted by molar-refractivity contribution is 5.77. The first-order valence-electron chi connectivity index (χ1n) is 5.41. The number of carbonyl (C=O) groups is 1. The van der Waals surface area contributed by atoms with Crippen LogP contribution in [0.2, 0.25) is 0 Å². The number of hydrogen-bond acceptors (Lipinski definition) is 4. The minimum absolute atomic E-state index is 0.136. The molecular formula is C11H21NO3. The summed E-state index contributed by atoms with van der Waals surface area (Å²) >= 11 is 0. The lowest BCUT2D eigenvalue weighted by molar-refractivity contribution is -0.165. The molecule has 0 spiro atoms. The van der Waals surface area contributed by atoms with Gasteiger partial charge in [-0.1, -0.05) is 0 Å². The normalized spacial score (nSPS) is 32.5. The molecule has 0 bridgehead atoms. The van der Waals surface area contributed by atoms with Crippen molar-refractivity contribution in [3.63, 3.8) is 0 Å². The maximum Gasteiger partial charge on any atom is 0.326 e. The Hall–Kier alpha value is -0.610. The second-order valence-corrected chi connectivity index (χ2v) is 5.07. The van der Waals surface area contributed by atoms with Crippen molar-refractivity contribution < 1.29 is 14.3 Å². The Morgan fingerprint density at radius 2 is 2.00 bits per heavy atom. The molecule has 0 aromatic carbocycles. The zero-order valence-electron chi connectivity index (χ0n) is 10.2. The maximum absolute atomic E-state index is 11.8. The second-order valence-electron chi connectivity index (χ2n) is 5.07. The Bertz CT molecular complexity index is 234. The van der Waals surface area contributed by atoms with E-state index in [1.807, 2.05) is 34.6 Å². The molecular weight excluding hydrogens is 194 g/mol. The molecule has 1 fully saturated rings. The first-order valence-corrected chi connectivity index (χ1v) is 5.41. The van der Waals surface area contributed by atoms with Gasteiger partial charge in [0.25, 0.3) is 0 Å². The van der Waals surface area contributed by atoms with Crippen LogP contribution in [0.3, 0.4) is 0 Å². The van der Waals surface area contributed by atoms with Crippen molar-refractivity contribution in [2.75, 3.05) is 6.54 Å². The molecule has 0 radical (unpaired) electrons. The van der Waals surface area contributed by atoms with Crippen LogP contribution in [0.1, 0.15) is 34.6 Å². The van der Waals surface area contributed by atoms with Gasteiger partial charge in [0.15, 0.2) is 0 Å². The van der Waals surface area contributed by atoms with E-state index in [1.54, 1.807) is 0 Å². The summed E-state index contributed by atoms with van der Waals surface area (Å²) in [5.41, 5.74) is -0.443. The van der Waals surface area contributed by atoms with Crippen LogP contribution in [0.15, 0.2) is 0 Å². The molecule has 0 aliphatic carbocycles. The summed E-state index contributed by atoms with van der Waals surface area (Å²) in [6.45, 7) is 10.1. The average Bonchev–Trinajstić information content (AvgIpc) is 1.99. The third-order valence-electron chi connectivity index (χ3n) is 2.20.